The van der Waals surface area contributed by atoms with Gasteiger partial charge >= 0.3 is 0 Å². The molecule has 0 aliphatic rings. The first-order chi connectivity index (χ1) is 20.8. The van der Waals surface area contributed by atoms with Crippen LogP contribution in [-0.2, 0) is 0 Å². The first-order valence-electron chi connectivity index (χ1n) is 14.1. The van der Waals surface area contributed by atoms with Gasteiger partial charge in [0.15, 0.2) is 5.82 Å². The molecule has 0 radical (unpaired) electrons. The smallest absolute Gasteiger partial charge is 0.161 e. The van der Waals surface area contributed by atoms with E-state index in [0.29, 0.717) is 0 Å². The second kappa shape index (κ2) is 9.10. The maximum atomic E-state index is 5.31. The maximum Gasteiger partial charge on any atom is 0.161 e. The molecule has 3 aromatic heterocycles. The third-order valence-corrected chi connectivity index (χ3v) is 9.26. The van der Waals surface area contributed by atoms with E-state index in [0.717, 1.165) is 38.5 Å². The number of fused-ring (bicyclic) bond motifs is 8. The Bertz CT molecular complexity index is 2460. The van der Waals surface area contributed by atoms with Gasteiger partial charge in [-0.15, -0.1) is 11.3 Å². The molecule has 6 aromatic carbocycles. The lowest BCUT2D eigenvalue weighted by molar-refractivity contribution is 1.18. The highest BCUT2D eigenvalue weighted by atomic mass is 32.1. The highest BCUT2D eigenvalue weighted by molar-refractivity contribution is 7.25. The maximum absolute atomic E-state index is 5.31. The first kappa shape index (κ1) is 23.4. The van der Waals surface area contributed by atoms with E-state index < -0.39 is 0 Å². The van der Waals surface area contributed by atoms with Gasteiger partial charge in [0.25, 0.3) is 0 Å². The fourth-order valence-electron chi connectivity index (χ4n) is 6.34. The van der Waals surface area contributed by atoms with Gasteiger partial charge < -0.3 is 4.57 Å². The van der Waals surface area contributed by atoms with Crippen molar-refractivity contribution in [2.75, 3.05) is 0 Å². The first-order valence-corrected chi connectivity index (χ1v) is 14.9. The third-order valence-electron chi connectivity index (χ3n) is 8.22. The minimum Gasteiger partial charge on any atom is -0.309 e. The van der Waals surface area contributed by atoms with Crippen LogP contribution in [0.25, 0.3) is 81.2 Å². The molecule has 0 spiro atoms. The number of hydrogen-bond acceptors (Lipinski definition) is 3. The van der Waals surface area contributed by atoms with Gasteiger partial charge in [0.2, 0.25) is 0 Å². The lowest BCUT2D eigenvalue weighted by Crippen LogP contribution is -1.95. The predicted molar refractivity (Wildman–Crippen MR) is 178 cm³/mol. The summed E-state index contributed by atoms with van der Waals surface area (Å²) in [6.07, 6.45) is 0. The molecule has 0 saturated heterocycles. The number of hydrogen-bond donors (Lipinski definition) is 0. The highest BCUT2D eigenvalue weighted by Gasteiger charge is 2.20. The van der Waals surface area contributed by atoms with Crippen molar-refractivity contribution in [3.05, 3.63) is 140 Å². The summed E-state index contributed by atoms with van der Waals surface area (Å²) in [5, 5.41) is 7.26. The summed E-state index contributed by atoms with van der Waals surface area (Å²) in [7, 11) is 0. The molecule has 196 valence electrons. The lowest BCUT2D eigenvalue weighted by Gasteiger charge is -2.10. The molecule has 4 heteroatoms. The number of aromatic nitrogens is 3. The van der Waals surface area contributed by atoms with Crippen LogP contribution in [-0.4, -0.2) is 14.5 Å². The quantitative estimate of drug-likeness (QED) is 0.218. The summed E-state index contributed by atoms with van der Waals surface area (Å²) in [4.78, 5) is 11.5. The Morgan fingerprint density at radius 2 is 1.21 bits per heavy atom. The minimum atomic E-state index is 0.751. The summed E-state index contributed by atoms with van der Waals surface area (Å²) in [5.41, 5.74) is 6.61. The molecule has 0 aliphatic heterocycles. The number of nitrogens with zero attached hydrogens (tertiary/aromatic N) is 3. The summed E-state index contributed by atoms with van der Waals surface area (Å²) in [5.74, 6) is 0.751. The average molecular weight is 554 g/mol. The normalized spacial score (nSPS) is 11.8. The Morgan fingerprint density at radius 3 is 2.07 bits per heavy atom. The van der Waals surface area contributed by atoms with Crippen molar-refractivity contribution in [1.29, 1.82) is 0 Å². The monoisotopic (exact) mass is 553 g/mol. The molecule has 42 heavy (non-hydrogen) atoms. The molecular weight excluding hydrogens is 531 g/mol. The van der Waals surface area contributed by atoms with Crippen molar-refractivity contribution in [2.45, 2.75) is 0 Å². The van der Waals surface area contributed by atoms with Crippen molar-refractivity contribution in [3.8, 4) is 28.3 Å². The van der Waals surface area contributed by atoms with E-state index in [1.807, 2.05) is 18.2 Å². The molecule has 9 rings (SSSR count). The summed E-state index contributed by atoms with van der Waals surface area (Å²) in [6.45, 7) is 0. The molecular formula is C38H23N3S. The van der Waals surface area contributed by atoms with Crippen LogP contribution in [0.4, 0.5) is 0 Å². The molecule has 0 saturated carbocycles. The largest absolute Gasteiger partial charge is 0.309 e. The highest BCUT2D eigenvalue weighted by Crippen LogP contribution is 2.43. The number of rotatable bonds is 3. The van der Waals surface area contributed by atoms with E-state index in [1.54, 1.807) is 11.3 Å². The Morgan fingerprint density at radius 1 is 0.500 bits per heavy atom. The number of thiophene rings is 1. The van der Waals surface area contributed by atoms with Crippen molar-refractivity contribution in [3.63, 3.8) is 0 Å². The van der Waals surface area contributed by atoms with Gasteiger partial charge in [0.1, 0.15) is 4.83 Å². The molecule has 3 nitrogen and oxygen atoms in total. The summed E-state index contributed by atoms with van der Waals surface area (Å²) in [6, 6.07) is 49.4. The van der Waals surface area contributed by atoms with Crippen LogP contribution in [0.3, 0.4) is 0 Å². The van der Waals surface area contributed by atoms with Crippen molar-refractivity contribution in [1.82, 2.24) is 14.5 Å². The van der Waals surface area contributed by atoms with Crippen LogP contribution in [0, 0.1) is 0 Å². The molecule has 0 fully saturated rings. The zero-order chi connectivity index (χ0) is 27.6. The minimum absolute atomic E-state index is 0.751. The van der Waals surface area contributed by atoms with E-state index in [-0.39, 0.29) is 0 Å². The lowest BCUT2D eigenvalue weighted by atomic mass is 10.00. The molecule has 0 atom stereocenters. The Hall–Kier alpha value is -5.32. The summed E-state index contributed by atoms with van der Waals surface area (Å²) >= 11 is 1.75. The van der Waals surface area contributed by atoms with E-state index in [4.69, 9.17) is 9.97 Å². The third kappa shape index (κ3) is 3.46. The molecule has 0 N–H and O–H groups in total. The molecule has 3 heterocycles. The van der Waals surface area contributed by atoms with Crippen LogP contribution in [0.2, 0.25) is 0 Å². The average Bonchev–Trinajstić information content (AvgIpc) is 3.61. The fourth-order valence-corrected chi connectivity index (χ4v) is 7.43. The van der Waals surface area contributed by atoms with Gasteiger partial charge in [-0.1, -0.05) is 103 Å². The standard InChI is InChI=1S/C38H23N3S/c1-3-12-25(13-4-1)37-39-36(35-34-28-16-8-7-11-24(28)20-22-33(34)42-38(35)40-37)26-19-21-32-30(23-26)29-17-9-10-18-31(29)41(32)27-14-5-2-6-15-27/h1-23H. The Kier molecular flexibility index (Phi) is 5.07. The molecule has 0 unspecified atom stereocenters. The van der Waals surface area contributed by atoms with Crippen molar-refractivity contribution < 1.29 is 0 Å². The van der Waals surface area contributed by atoms with Crippen LogP contribution in [0.15, 0.2) is 140 Å². The van der Waals surface area contributed by atoms with E-state index in [1.165, 1.54) is 42.7 Å². The van der Waals surface area contributed by atoms with Gasteiger partial charge in [0.05, 0.1) is 16.7 Å². The predicted octanol–water partition coefficient (Wildman–Crippen LogP) is 10.4. The molecule has 0 aliphatic carbocycles. The van der Waals surface area contributed by atoms with Crippen LogP contribution < -0.4 is 0 Å². The second-order valence-electron chi connectivity index (χ2n) is 10.6. The summed E-state index contributed by atoms with van der Waals surface area (Å²) < 4.78 is 3.58. The second-order valence-corrected chi connectivity index (χ2v) is 11.7. The topological polar surface area (TPSA) is 30.7 Å². The number of benzene rings is 6. The van der Waals surface area contributed by atoms with Gasteiger partial charge in [-0.05, 0) is 47.2 Å². The van der Waals surface area contributed by atoms with Crippen LogP contribution >= 0.6 is 11.3 Å². The van der Waals surface area contributed by atoms with E-state index >= 15 is 0 Å². The van der Waals surface area contributed by atoms with Gasteiger partial charge in [-0.2, -0.15) is 0 Å². The fraction of sp³-hybridized carbons (Fsp3) is 0. The molecule has 9 aromatic rings. The van der Waals surface area contributed by atoms with Crippen LogP contribution in [0.5, 0.6) is 0 Å². The Balaban J connectivity index is 1.40. The SMILES string of the molecule is c1ccc(-c2nc(-c3ccc4c(c3)c3ccccc3n4-c3ccccc3)c3c(n2)sc2ccc4ccccc4c23)cc1. The molecule has 0 bridgehead atoms. The zero-order valence-electron chi connectivity index (χ0n) is 22.5. The van der Waals surface area contributed by atoms with Gasteiger partial charge in [-0.25, -0.2) is 9.97 Å². The number of para-hydroxylation sites is 2. The van der Waals surface area contributed by atoms with Crippen molar-refractivity contribution >= 4 is 64.2 Å². The van der Waals surface area contributed by atoms with Gasteiger partial charge in [-0.3, -0.25) is 0 Å². The molecule has 0 amide bonds. The van der Waals surface area contributed by atoms with E-state index in [2.05, 4.69) is 126 Å². The zero-order valence-corrected chi connectivity index (χ0v) is 23.3. The van der Waals surface area contributed by atoms with Crippen molar-refractivity contribution in [2.24, 2.45) is 0 Å². The van der Waals surface area contributed by atoms with Crippen LogP contribution in [0.1, 0.15) is 0 Å². The van der Waals surface area contributed by atoms with E-state index in [9.17, 15) is 0 Å². The van der Waals surface area contributed by atoms with Gasteiger partial charge in [0, 0.05) is 43.1 Å². The Labute approximate surface area is 246 Å².